The van der Waals surface area contributed by atoms with Gasteiger partial charge in [-0.25, -0.2) is 0 Å². The first-order valence-electron chi connectivity index (χ1n) is 3.51. The topological polar surface area (TPSA) is 52.5 Å². The van der Waals surface area contributed by atoms with Crippen molar-refractivity contribution in [2.45, 2.75) is 32.4 Å². The van der Waals surface area contributed by atoms with Crippen LogP contribution in [0.2, 0.25) is 0 Å². The normalized spacial score (nSPS) is 15.3. The van der Waals surface area contributed by atoms with Crippen molar-refractivity contribution >= 4 is 0 Å². The Hall–Kier alpha value is -0.120. The third-order valence-corrected chi connectivity index (χ3v) is 1.31. The maximum absolute atomic E-state index is 8.79. The molecule has 0 saturated heterocycles. The standard InChI is InChI=1S/C7H17NO2/c1-6(4-9)8-7(2,3)5-10/h6,8-10H,4-5H2,1-3H3/t6-/m0/s1. The second kappa shape index (κ2) is 3.91. The largest absolute Gasteiger partial charge is 0.395 e. The molecule has 0 spiro atoms. The molecule has 0 rings (SSSR count). The van der Waals surface area contributed by atoms with E-state index in [2.05, 4.69) is 5.32 Å². The maximum Gasteiger partial charge on any atom is 0.0607 e. The molecule has 1 atom stereocenters. The molecular weight excluding hydrogens is 130 g/mol. The molecule has 0 amide bonds. The van der Waals surface area contributed by atoms with Crippen LogP contribution in [0.15, 0.2) is 0 Å². The van der Waals surface area contributed by atoms with Crippen LogP contribution in [0, 0.1) is 0 Å². The third-order valence-electron chi connectivity index (χ3n) is 1.31. The molecule has 0 fully saturated rings. The molecule has 0 unspecified atom stereocenters. The monoisotopic (exact) mass is 147 g/mol. The van der Waals surface area contributed by atoms with Gasteiger partial charge in [-0.15, -0.1) is 0 Å². The van der Waals surface area contributed by atoms with E-state index in [1.165, 1.54) is 0 Å². The smallest absolute Gasteiger partial charge is 0.0607 e. The van der Waals surface area contributed by atoms with Crippen LogP contribution >= 0.6 is 0 Å². The minimum absolute atomic E-state index is 0.0437. The summed E-state index contributed by atoms with van der Waals surface area (Å²) in [5, 5.41) is 20.5. The van der Waals surface area contributed by atoms with E-state index < -0.39 is 0 Å². The Morgan fingerprint density at radius 2 is 1.90 bits per heavy atom. The van der Waals surface area contributed by atoms with E-state index in [9.17, 15) is 0 Å². The summed E-state index contributed by atoms with van der Waals surface area (Å²) in [7, 11) is 0. The molecule has 0 radical (unpaired) electrons. The molecule has 0 aliphatic heterocycles. The van der Waals surface area contributed by atoms with Gasteiger partial charge in [-0.2, -0.15) is 0 Å². The molecular formula is C7H17NO2. The summed E-state index contributed by atoms with van der Waals surface area (Å²) in [4.78, 5) is 0. The molecule has 62 valence electrons. The SMILES string of the molecule is C[C@@H](CO)NC(C)(C)CO. The Morgan fingerprint density at radius 1 is 1.40 bits per heavy atom. The van der Waals surface area contributed by atoms with Gasteiger partial charge in [0.2, 0.25) is 0 Å². The van der Waals surface area contributed by atoms with Gasteiger partial charge in [0.15, 0.2) is 0 Å². The number of rotatable bonds is 4. The Balaban J connectivity index is 3.64. The first-order chi connectivity index (χ1) is 4.52. The van der Waals surface area contributed by atoms with Crippen molar-refractivity contribution in [1.29, 1.82) is 0 Å². The van der Waals surface area contributed by atoms with Gasteiger partial charge in [0.05, 0.1) is 13.2 Å². The second-order valence-corrected chi connectivity index (χ2v) is 3.27. The van der Waals surface area contributed by atoms with Crippen molar-refractivity contribution in [3.8, 4) is 0 Å². The summed E-state index contributed by atoms with van der Waals surface area (Å²) in [5.74, 6) is 0. The van der Waals surface area contributed by atoms with Crippen LogP contribution in [0.1, 0.15) is 20.8 Å². The minimum Gasteiger partial charge on any atom is -0.395 e. The summed E-state index contributed by atoms with van der Waals surface area (Å²) in [6, 6.07) is 0.0437. The average molecular weight is 147 g/mol. The van der Waals surface area contributed by atoms with Crippen molar-refractivity contribution in [3.63, 3.8) is 0 Å². The highest BCUT2D eigenvalue weighted by Gasteiger charge is 2.17. The summed E-state index contributed by atoms with van der Waals surface area (Å²) < 4.78 is 0. The second-order valence-electron chi connectivity index (χ2n) is 3.27. The van der Waals surface area contributed by atoms with E-state index in [0.717, 1.165) is 0 Å². The molecule has 0 bridgehead atoms. The molecule has 3 heteroatoms. The van der Waals surface area contributed by atoms with Gasteiger partial charge in [0.25, 0.3) is 0 Å². The van der Waals surface area contributed by atoms with Crippen molar-refractivity contribution < 1.29 is 10.2 Å². The predicted octanol–water partition coefficient (Wildman–Crippen LogP) is -0.272. The van der Waals surface area contributed by atoms with Crippen molar-refractivity contribution in [1.82, 2.24) is 5.32 Å². The summed E-state index contributed by atoms with van der Waals surface area (Å²) in [6.07, 6.45) is 0. The van der Waals surface area contributed by atoms with Crippen LogP contribution in [-0.4, -0.2) is 35.0 Å². The van der Waals surface area contributed by atoms with Crippen LogP contribution in [0.4, 0.5) is 0 Å². The molecule has 3 N–H and O–H groups in total. The Labute approximate surface area is 62.1 Å². The van der Waals surface area contributed by atoms with Gasteiger partial charge in [-0.3, -0.25) is 0 Å². The zero-order chi connectivity index (χ0) is 8.20. The number of aliphatic hydroxyl groups is 2. The number of hydrogen-bond acceptors (Lipinski definition) is 3. The minimum atomic E-state index is -0.290. The highest BCUT2D eigenvalue weighted by Crippen LogP contribution is 2.00. The Morgan fingerprint density at radius 3 is 2.20 bits per heavy atom. The first kappa shape index (κ1) is 9.88. The summed E-state index contributed by atoms with van der Waals surface area (Å²) in [6.45, 7) is 5.83. The van der Waals surface area contributed by atoms with E-state index in [1.807, 2.05) is 20.8 Å². The molecule has 0 aromatic rings. The average Bonchev–Trinajstić information content (AvgIpc) is 1.87. The molecule has 0 aromatic heterocycles. The molecule has 0 saturated carbocycles. The van der Waals surface area contributed by atoms with Gasteiger partial charge in [-0.05, 0) is 20.8 Å². The fraction of sp³-hybridized carbons (Fsp3) is 1.00. The Bertz CT molecular complexity index is 93.6. The van der Waals surface area contributed by atoms with Crippen LogP contribution in [0.5, 0.6) is 0 Å². The lowest BCUT2D eigenvalue weighted by atomic mass is 10.1. The number of aliphatic hydroxyl groups excluding tert-OH is 2. The molecule has 10 heavy (non-hydrogen) atoms. The number of hydrogen-bond donors (Lipinski definition) is 3. The van der Waals surface area contributed by atoms with E-state index in [0.29, 0.717) is 0 Å². The highest BCUT2D eigenvalue weighted by atomic mass is 16.3. The summed E-state index contributed by atoms with van der Waals surface area (Å²) >= 11 is 0. The summed E-state index contributed by atoms with van der Waals surface area (Å²) in [5.41, 5.74) is -0.290. The van der Waals surface area contributed by atoms with Gasteiger partial charge in [0, 0.05) is 11.6 Å². The first-order valence-corrected chi connectivity index (χ1v) is 3.51. The molecule has 0 aliphatic carbocycles. The molecule has 0 aromatic carbocycles. The predicted molar refractivity (Wildman–Crippen MR) is 40.8 cm³/mol. The van der Waals surface area contributed by atoms with E-state index >= 15 is 0 Å². The fourth-order valence-corrected chi connectivity index (χ4v) is 0.758. The third kappa shape index (κ3) is 3.82. The molecule has 0 heterocycles. The highest BCUT2D eigenvalue weighted by molar-refractivity contribution is 4.78. The fourth-order valence-electron chi connectivity index (χ4n) is 0.758. The molecule has 3 nitrogen and oxygen atoms in total. The van der Waals surface area contributed by atoms with Crippen LogP contribution in [0.25, 0.3) is 0 Å². The van der Waals surface area contributed by atoms with Crippen LogP contribution < -0.4 is 5.32 Å². The van der Waals surface area contributed by atoms with Crippen molar-refractivity contribution in [2.75, 3.05) is 13.2 Å². The molecule has 0 aliphatic rings. The van der Waals surface area contributed by atoms with Crippen LogP contribution in [-0.2, 0) is 0 Å². The van der Waals surface area contributed by atoms with Crippen molar-refractivity contribution in [3.05, 3.63) is 0 Å². The zero-order valence-electron chi connectivity index (χ0n) is 6.89. The zero-order valence-corrected chi connectivity index (χ0v) is 6.89. The van der Waals surface area contributed by atoms with E-state index in [-0.39, 0.29) is 24.8 Å². The van der Waals surface area contributed by atoms with Crippen LogP contribution in [0.3, 0.4) is 0 Å². The van der Waals surface area contributed by atoms with E-state index in [1.54, 1.807) is 0 Å². The lowest BCUT2D eigenvalue weighted by molar-refractivity contribution is 0.155. The van der Waals surface area contributed by atoms with Gasteiger partial charge >= 0.3 is 0 Å². The van der Waals surface area contributed by atoms with Gasteiger partial charge in [-0.1, -0.05) is 0 Å². The quantitative estimate of drug-likeness (QED) is 0.513. The maximum atomic E-state index is 8.79. The van der Waals surface area contributed by atoms with Crippen molar-refractivity contribution in [2.24, 2.45) is 0 Å². The van der Waals surface area contributed by atoms with Gasteiger partial charge in [0.1, 0.15) is 0 Å². The lowest BCUT2D eigenvalue weighted by Crippen LogP contribution is -2.48. The van der Waals surface area contributed by atoms with Gasteiger partial charge < -0.3 is 15.5 Å². The number of nitrogens with one attached hydrogen (secondary N) is 1. The Kier molecular flexibility index (Phi) is 3.86. The van der Waals surface area contributed by atoms with E-state index in [4.69, 9.17) is 10.2 Å². The lowest BCUT2D eigenvalue weighted by Gasteiger charge is -2.27.